The molecule has 3 nitrogen and oxygen atoms in total. The SMILES string of the molecule is NC(=S)c1ccc(NC2CCSC2)cn1. The van der Waals surface area contributed by atoms with E-state index in [0.717, 1.165) is 5.69 Å². The molecule has 1 aromatic rings. The van der Waals surface area contributed by atoms with E-state index in [0.29, 0.717) is 16.7 Å². The smallest absolute Gasteiger partial charge is 0.122 e. The first-order valence-corrected chi connectivity index (χ1v) is 6.42. The zero-order valence-electron chi connectivity index (χ0n) is 8.27. The highest BCUT2D eigenvalue weighted by molar-refractivity contribution is 7.99. The molecule has 1 saturated heterocycles. The molecule has 0 spiro atoms. The first kappa shape index (κ1) is 10.7. The van der Waals surface area contributed by atoms with Crippen molar-refractivity contribution in [3.05, 3.63) is 24.0 Å². The van der Waals surface area contributed by atoms with Gasteiger partial charge in [-0.15, -0.1) is 0 Å². The Kier molecular flexibility index (Phi) is 3.43. The van der Waals surface area contributed by atoms with Crippen LogP contribution in [-0.4, -0.2) is 27.5 Å². The van der Waals surface area contributed by atoms with Crippen LogP contribution in [0.3, 0.4) is 0 Å². The average molecular weight is 239 g/mol. The van der Waals surface area contributed by atoms with E-state index in [-0.39, 0.29) is 0 Å². The van der Waals surface area contributed by atoms with Crippen molar-refractivity contribution in [1.82, 2.24) is 4.98 Å². The Balaban J connectivity index is 2.00. The average Bonchev–Trinajstić information content (AvgIpc) is 2.71. The summed E-state index contributed by atoms with van der Waals surface area (Å²) in [7, 11) is 0. The zero-order valence-corrected chi connectivity index (χ0v) is 9.90. The summed E-state index contributed by atoms with van der Waals surface area (Å²) in [6, 6.07) is 4.41. The van der Waals surface area contributed by atoms with E-state index in [1.165, 1.54) is 17.9 Å². The summed E-state index contributed by atoms with van der Waals surface area (Å²) in [5.41, 5.74) is 7.19. The van der Waals surface area contributed by atoms with Gasteiger partial charge >= 0.3 is 0 Å². The number of nitrogens with two attached hydrogens (primary N) is 1. The summed E-state index contributed by atoms with van der Waals surface area (Å²) in [5, 5.41) is 3.44. The highest BCUT2D eigenvalue weighted by Gasteiger charge is 2.14. The third kappa shape index (κ3) is 2.82. The Bertz CT molecular complexity index is 344. The van der Waals surface area contributed by atoms with E-state index in [9.17, 15) is 0 Å². The largest absolute Gasteiger partial charge is 0.388 e. The van der Waals surface area contributed by atoms with Gasteiger partial charge in [0.2, 0.25) is 0 Å². The lowest BCUT2D eigenvalue weighted by Gasteiger charge is -2.12. The van der Waals surface area contributed by atoms with Crippen molar-refractivity contribution in [2.75, 3.05) is 16.8 Å². The zero-order chi connectivity index (χ0) is 10.7. The summed E-state index contributed by atoms with van der Waals surface area (Å²) < 4.78 is 0. The highest BCUT2D eigenvalue weighted by atomic mass is 32.2. The van der Waals surface area contributed by atoms with Crippen molar-refractivity contribution in [3.63, 3.8) is 0 Å². The summed E-state index contributed by atoms with van der Waals surface area (Å²) in [5.74, 6) is 2.42. The molecule has 1 aliphatic heterocycles. The molecule has 0 amide bonds. The van der Waals surface area contributed by atoms with Gasteiger partial charge in [-0.05, 0) is 24.3 Å². The molecule has 80 valence electrons. The van der Waals surface area contributed by atoms with Gasteiger partial charge in [-0.1, -0.05) is 12.2 Å². The summed E-state index contributed by atoms with van der Waals surface area (Å²) >= 11 is 6.83. The quantitative estimate of drug-likeness (QED) is 0.785. The molecule has 1 fully saturated rings. The van der Waals surface area contributed by atoms with Gasteiger partial charge in [0.05, 0.1) is 17.6 Å². The van der Waals surface area contributed by atoms with Gasteiger partial charge in [-0.25, -0.2) is 0 Å². The summed E-state index contributed by atoms with van der Waals surface area (Å²) in [4.78, 5) is 4.53. The fraction of sp³-hybridized carbons (Fsp3) is 0.400. The lowest BCUT2D eigenvalue weighted by molar-refractivity contribution is 0.812. The van der Waals surface area contributed by atoms with Crippen molar-refractivity contribution in [2.45, 2.75) is 12.5 Å². The topological polar surface area (TPSA) is 50.9 Å². The Hall–Kier alpha value is -0.810. The van der Waals surface area contributed by atoms with E-state index in [1.54, 1.807) is 6.20 Å². The van der Waals surface area contributed by atoms with Crippen LogP contribution in [0.5, 0.6) is 0 Å². The lowest BCUT2D eigenvalue weighted by atomic mass is 10.2. The Labute approximate surface area is 98.8 Å². The van der Waals surface area contributed by atoms with Crippen LogP contribution >= 0.6 is 24.0 Å². The third-order valence-corrected chi connectivity index (χ3v) is 3.69. The molecular formula is C10H13N3S2. The van der Waals surface area contributed by atoms with Crippen LogP contribution in [0, 0.1) is 0 Å². The Morgan fingerprint density at radius 1 is 1.60 bits per heavy atom. The minimum atomic E-state index is 0.345. The van der Waals surface area contributed by atoms with Crippen LogP contribution < -0.4 is 11.1 Å². The van der Waals surface area contributed by atoms with Crippen LogP contribution in [0.2, 0.25) is 0 Å². The van der Waals surface area contributed by atoms with E-state index in [1.807, 2.05) is 23.9 Å². The van der Waals surface area contributed by atoms with Crippen molar-refractivity contribution in [1.29, 1.82) is 0 Å². The maximum Gasteiger partial charge on any atom is 0.122 e. The second-order valence-corrected chi connectivity index (χ2v) is 5.09. The monoisotopic (exact) mass is 239 g/mol. The molecule has 0 saturated carbocycles. The molecule has 1 atom stereocenters. The molecule has 1 aromatic heterocycles. The van der Waals surface area contributed by atoms with E-state index in [2.05, 4.69) is 10.3 Å². The number of pyridine rings is 1. The molecule has 15 heavy (non-hydrogen) atoms. The fourth-order valence-corrected chi connectivity index (χ4v) is 2.78. The van der Waals surface area contributed by atoms with Crippen molar-refractivity contribution >= 4 is 34.7 Å². The second kappa shape index (κ2) is 4.81. The van der Waals surface area contributed by atoms with E-state index in [4.69, 9.17) is 18.0 Å². The number of nitrogens with zero attached hydrogens (tertiary/aromatic N) is 1. The molecule has 2 rings (SSSR count). The number of nitrogens with one attached hydrogen (secondary N) is 1. The van der Waals surface area contributed by atoms with Gasteiger partial charge in [-0.3, -0.25) is 4.98 Å². The predicted molar refractivity (Wildman–Crippen MR) is 69.5 cm³/mol. The summed E-state index contributed by atoms with van der Waals surface area (Å²) in [6.07, 6.45) is 3.01. The molecule has 2 heterocycles. The summed E-state index contributed by atoms with van der Waals surface area (Å²) in [6.45, 7) is 0. The maximum atomic E-state index is 5.47. The van der Waals surface area contributed by atoms with Gasteiger partial charge in [0, 0.05) is 11.8 Å². The molecule has 1 unspecified atom stereocenters. The van der Waals surface area contributed by atoms with Crippen molar-refractivity contribution < 1.29 is 0 Å². The molecule has 0 bridgehead atoms. The van der Waals surface area contributed by atoms with Crippen LogP contribution in [0.1, 0.15) is 12.1 Å². The van der Waals surface area contributed by atoms with Crippen LogP contribution in [0.4, 0.5) is 5.69 Å². The molecule has 0 aromatic carbocycles. The standard InChI is InChI=1S/C10H13N3S2/c11-10(14)9-2-1-7(5-12-9)13-8-3-4-15-6-8/h1-2,5,8,13H,3-4,6H2,(H2,11,14). The van der Waals surface area contributed by atoms with E-state index >= 15 is 0 Å². The normalized spacial score (nSPS) is 20.1. The Morgan fingerprint density at radius 3 is 3.00 bits per heavy atom. The molecule has 5 heteroatoms. The number of rotatable bonds is 3. The predicted octanol–water partition coefficient (Wildman–Crippen LogP) is 1.63. The van der Waals surface area contributed by atoms with Gasteiger partial charge < -0.3 is 11.1 Å². The van der Waals surface area contributed by atoms with Crippen molar-refractivity contribution in [2.24, 2.45) is 5.73 Å². The second-order valence-electron chi connectivity index (χ2n) is 3.50. The van der Waals surface area contributed by atoms with Crippen LogP contribution in [0.15, 0.2) is 18.3 Å². The number of anilines is 1. The highest BCUT2D eigenvalue weighted by Crippen LogP contribution is 2.20. The van der Waals surface area contributed by atoms with Gasteiger partial charge in [0.15, 0.2) is 0 Å². The van der Waals surface area contributed by atoms with Gasteiger partial charge in [0.25, 0.3) is 0 Å². The van der Waals surface area contributed by atoms with Crippen LogP contribution in [0.25, 0.3) is 0 Å². The van der Waals surface area contributed by atoms with Gasteiger partial charge in [-0.2, -0.15) is 11.8 Å². The number of aromatic nitrogens is 1. The lowest BCUT2D eigenvalue weighted by Crippen LogP contribution is -2.18. The van der Waals surface area contributed by atoms with E-state index < -0.39 is 0 Å². The minimum absolute atomic E-state index is 0.345. The first-order valence-electron chi connectivity index (χ1n) is 4.86. The fourth-order valence-electron chi connectivity index (χ4n) is 1.51. The number of hydrogen-bond acceptors (Lipinski definition) is 4. The van der Waals surface area contributed by atoms with Crippen LogP contribution in [-0.2, 0) is 0 Å². The van der Waals surface area contributed by atoms with Gasteiger partial charge in [0.1, 0.15) is 4.99 Å². The molecule has 1 aliphatic rings. The molecule has 3 N–H and O–H groups in total. The molecule has 0 aliphatic carbocycles. The molecule has 0 radical (unpaired) electrons. The van der Waals surface area contributed by atoms with Crippen molar-refractivity contribution in [3.8, 4) is 0 Å². The number of hydrogen-bond donors (Lipinski definition) is 2. The number of thiocarbonyl (C=S) groups is 1. The first-order chi connectivity index (χ1) is 7.25. The minimum Gasteiger partial charge on any atom is -0.388 e. The third-order valence-electron chi connectivity index (χ3n) is 2.32. The maximum absolute atomic E-state index is 5.47. The molecular weight excluding hydrogens is 226 g/mol. The Morgan fingerprint density at radius 2 is 2.47 bits per heavy atom. The number of thioether (sulfide) groups is 1.